The van der Waals surface area contributed by atoms with Crippen molar-refractivity contribution in [2.45, 2.75) is 0 Å². The SMILES string of the molecule is CS(=O)(=O)N(CC(=O)N1CCN(c2ccccc2)CC1)c1ccc(F)c(F)c1. The van der Waals surface area contributed by atoms with Gasteiger partial charge in [0, 0.05) is 37.9 Å². The molecule has 1 aliphatic heterocycles. The predicted octanol–water partition coefficient (Wildman–Crippen LogP) is 2.08. The van der Waals surface area contributed by atoms with E-state index in [2.05, 4.69) is 4.90 Å². The van der Waals surface area contributed by atoms with Crippen molar-refractivity contribution in [3.05, 3.63) is 60.2 Å². The third kappa shape index (κ3) is 4.59. The lowest BCUT2D eigenvalue weighted by Crippen LogP contribution is -2.52. The highest BCUT2D eigenvalue weighted by Crippen LogP contribution is 2.21. The molecule has 1 fully saturated rings. The second-order valence-electron chi connectivity index (χ2n) is 6.57. The number of hydrogen-bond donors (Lipinski definition) is 0. The first-order valence-electron chi connectivity index (χ1n) is 8.76. The number of anilines is 2. The van der Waals surface area contributed by atoms with Crippen LogP contribution in [0.3, 0.4) is 0 Å². The van der Waals surface area contributed by atoms with Gasteiger partial charge in [0.2, 0.25) is 15.9 Å². The molecule has 0 saturated carbocycles. The lowest BCUT2D eigenvalue weighted by molar-refractivity contribution is -0.129. The van der Waals surface area contributed by atoms with Crippen molar-refractivity contribution < 1.29 is 22.0 Å². The number of piperazine rings is 1. The molecule has 2 aromatic carbocycles. The van der Waals surface area contributed by atoms with Gasteiger partial charge in [0.05, 0.1) is 11.9 Å². The summed E-state index contributed by atoms with van der Waals surface area (Å²) in [5, 5.41) is 0. The van der Waals surface area contributed by atoms with Crippen molar-refractivity contribution in [3.63, 3.8) is 0 Å². The summed E-state index contributed by atoms with van der Waals surface area (Å²) in [7, 11) is -3.85. The minimum atomic E-state index is -3.85. The van der Waals surface area contributed by atoms with Gasteiger partial charge in [-0.3, -0.25) is 9.10 Å². The summed E-state index contributed by atoms with van der Waals surface area (Å²) in [4.78, 5) is 16.4. The number of halogens is 2. The summed E-state index contributed by atoms with van der Waals surface area (Å²) in [6.45, 7) is 1.68. The van der Waals surface area contributed by atoms with Gasteiger partial charge in [-0.05, 0) is 24.3 Å². The normalized spacial score (nSPS) is 14.8. The molecule has 6 nitrogen and oxygen atoms in total. The van der Waals surface area contributed by atoms with E-state index in [1.807, 2.05) is 30.3 Å². The number of carbonyl (C=O) groups excluding carboxylic acids is 1. The van der Waals surface area contributed by atoms with Crippen LogP contribution in [0.15, 0.2) is 48.5 Å². The van der Waals surface area contributed by atoms with E-state index in [0.29, 0.717) is 26.2 Å². The molecule has 2 aromatic rings. The third-order valence-electron chi connectivity index (χ3n) is 4.62. The summed E-state index contributed by atoms with van der Waals surface area (Å²) in [6.07, 6.45) is 0.925. The maximum Gasteiger partial charge on any atom is 0.243 e. The Morgan fingerprint density at radius 3 is 2.21 bits per heavy atom. The molecule has 0 N–H and O–H groups in total. The molecule has 0 radical (unpaired) electrons. The maximum absolute atomic E-state index is 13.5. The van der Waals surface area contributed by atoms with Gasteiger partial charge in [-0.15, -0.1) is 0 Å². The Labute approximate surface area is 163 Å². The number of benzene rings is 2. The Morgan fingerprint density at radius 2 is 1.64 bits per heavy atom. The zero-order valence-electron chi connectivity index (χ0n) is 15.4. The highest BCUT2D eigenvalue weighted by molar-refractivity contribution is 7.92. The Balaban J connectivity index is 1.68. The maximum atomic E-state index is 13.5. The van der Waals surface area contributed by atoms with Crippen LogP contribution in [0.1, 0.15) is 0 Å². The van der Waals surface area contributed by atoms with Crippen LogP contribution >= 0.6 is 0 Å². The van der Waals surface area contributed by atoms with Gasteiger partial charge in [0.25, 0.3) is 0 Å². The monoisotopic (exact) mass is 409 g/mol. The molecule has 0 unspecified atom stereocenters. The fourth-order valence-electron chi connectivity index (χ4n) is 3.12. The minimum absolute atomic E-state index is 0.0855. The number of nitrogens with zero attached hydrogens (tertiary/aromatic N) is 3. The average molecular weight is 409 g/mol. The van der Waals surface area contributed by atoms with Crippen molar-refractivity contribution in [3.8, 4) is 0 Å². The van der Waals surface area contributed by atoms with E-state index in [1.54, 1.807) is 4.90 Å². The van der Waals surface area contributed by atoms with Gasteiger partial charge in [0.15, 0.2) is 11.6 Å². The minimum Gasteiger partial charge on any atom is -0.368 e. The summed E-state index contributed by atoms with van der Waals surface area (Å²) < 4.78 is 51.7. The Hall–Kier alpha value is -2.68. The molecule has 1 amide bonds. The van der Waals surface area contributed by atoms with E-state index >= 15 is 0 Å². The fraction of sp³-hybridized carbons (Fsp3) is 0.316. The molecule has 28 heavy (non-hydrogen) atoms. The number of hydrogen-bond acceptors (Lipinski definition) is 4. The highest BCUT2D eigenvalue weighted by atomic mass is 32.2. The van der Waals surface area contributed by atoms with Crippen LogP contribution in [0.5, 0.6) is 0 Å². The fourth-order valence-corrected chi connectivity index (χ4v) is 3.96. The van der Waals surface area contributed by atoms with Gasteiger partial charge in [0.1, 0.15) is 6.54 Å². The van der Waals surface area contributed by atoms with E-state index in [0.717, 1.165) is 34.4 Å². The third-order valence-corrected chi connectivity index (χ3v) is 5.76. The van der Waals surface area contributed by atoms with Crippen molar-refractivity contribution in [2.75, 3.05) is 48.2 Å². The molecule has 0 aromatic heterocycles. The molecule has 150 valence electrons. The largest absolute Gasteiger partial charge is 0.368 e. The van der Waals surface area contributed by atoms with Crippen molar-refractivity contribution in [1.29, 1.82) is 0 Å². The second-order valence-corrected chi connectivity index (χ2v) is 8.48. The van der Waals surface area contributed by atoms with Crippen molar-refractivity contribution in [1.82, 2.24) is 4.90 Å². The quantitative estimate of drug-likeness (QED) is 0.759. The van der Waals surface area contributed by atoms with E-state index in [4.69, 9.17) is 0 Å². The second kappa shape index (κ2) is 8.14. The predicted molar refractivity (Wildman–Crippen MR) is 104 cm³/mol. The molecule has 0 aliphatic carbocycles. The molecule has 0 bridgehead atoms. The van der Waals surface area contributed by atoms with Crippen LogP contribution in [0.4, 0.5) is 20.2 Å². The zero-order valence-corrected chi connectivity index (χ0v) is 16.2. The number of para-hydroxylation sites is 1. The van der Waals surface area contributed by atoms with Crippen molar-refractivity contribution >= 4 is 27.3 Å². The Bertz CT molecular complexity index is 946. The van der Waals surface area contributed by atoms with E-state index in [9.17, 15) is 22.0 Å². The Kier molecular flexibility index (Phi) is 5.83. The van der Waals surface area contributed by atoms with Gasteiger partial charge >= 0.3 is 0 Å². The Morgan fingerprint density at radius 1 is 1.00 bits per heavy atom. The zero-order chi connectivity index (χ0) is 20.3. The summed E-state index contributed by atoms with van der Waals surface area (Å²) >= 11 is 0. The molecule has 1 heterocycles. The molecular formula is C19H21F2N3O3S. The van der Waals surface area contributed by atoms with Crippen LogP contribution < -0.4 is 9.21 Å². The lowest BCUT2D eigenvalue weighted by Gasteiger charge is -2.37. The standard InChI is InChI=1S/C19H21F2N3O3S/c1-28(26,27)24(16-7-8-17(20)18(21)13-16)14-19(25)23-11-9-22(10-12-23)15-5-3-2-4-6-15/h2-8,13H,9-12,14H2,1H3. The van der Waals surface area contributed by atoms with E-state index in [1.165, 1.54) is 0 Å². The molecule has 0 spiro atoms. The average Bonchev–Trinajstić information content (AvgIpc) is 2.68. The van der Waals surface area contributed by atoms with Gasteiger partial charge in [-0.25, -0.2) is 17.2 Å². The molecule has 9 heteroatoms. The van der Waals surface area contributed by atoms with Crippen LogP contribution in [-0.4, -0.2) is 58.2 Å². The molecule has 3 rings (SSSR count). The summed E-state index contributed by atoms with van der Waals surface area (Å²) in [6, 6.07) is 12.6. The number of rotatable bonds is 5. The van der Waals surface area contributed by atoms with Crippen LogP contribution in [0, 0.1) is 11.6 Å². The van der Waals surface area contributed by atoms with Gasteiger partial charge in [-0.2, -0.15) is 0 Å². The van der Waals surface area contributed by atoms with Gasteiger partial charge in [-0.1, -0.05) is 18.2 Å². The summed E-state index contributed by atoms with van der Waals surface area (Å²) in [5.41, 5.74) is 0.979. The molecule has 1 saturated heterocycles. The molecular weight excluding hydrogens is 388 g/mol. The van der Waals surface area contributed by atoms with Crippen LogP contribution in [0.2, 0.25) is 0 Å². The number of sulfonamides is 1. The van der Waals surface area contributed by atoms with Gasteiger partial charge < -0.3 is 9.80 Å². The first kappa shape index (κ1) is 20.1. The summed E-state index contributed by atoms with van der Waals surface area (Å²) in [5.74, 6) is -2.64. The first-order chi connectivity index (χ1) is 13.3. The van der Waals surface area contributed by atoms with E-state index < -0.39 is 28.2 Å². The van der Waals surface area contributed by atoms with Crippen LogP contribution in [0.25, 0.3) is 0 Å². The number of carbonyl (C=O) groups is 1. The van der Waals surface area contributed by atoms with Crippen molar-refractivity contribution in [2.24, 2.45) is 0 Å². The molecule has 0 atom stereocenters. The topological polar surface area (TPSA) is 60.9 Å². The molecule has 1 aliphatic rings. The van der Waals surface area contributed by atoms with E-state index in [-0.39, 0.29) is 11.6 Å². The lowest BCUT2D eigenvalue weighted by atomic mass is 10.2. The smallest absolute Gasteiger partial charge is 0.243 e. The number of amides is 1. The van der Waals surface area contributed by atoms with Crippen LogP contribution in [-0.2, 0) is 14.8 Å². The first-order valence-corrected chi connectivity index (χ1v) is 10.6. The highest BCUT2D eigenvalue weighted by Gasteiger charge is 2.27.